The van der Waals surface area contributed by atoms with E-state index in [2.05, 4.69) is 31.0 Å². The molecule has 112 valence electrons. The van der Waals surface area contributed by atoms with Crippen molar-refractivity contribution in [1.29, 1.82) is 0 Å². The van der Waals surface area contributed by atoms with Crippen LogP contribution in [0.1, 0.15) is 39.2 Å². The van der Waals surface area contributed by atoms with Crippen molar-refractivity contribution in [2.24, 2.45) is 0 Å². The van der Waals surface area contributed by atoms with Crippen LogP contribution in [0.5, 0.6) is 0 Å². The maximum Gasteiger partial charge on any atom is 0.146 e. The van der Waals surface area contributed by atoms with Gasteiger partial charge in [0.1, 0.15) is 5.82 Å². The lowest BCUT2D eigenvalue weighted by molar-refractivity contribution is 0.0737. The molecule has 1 heterocycles. The third-order valence-corrected chi connectivity index (χ3v) is 4.95. The molecule has 0 saturated carbocycles. The molecule has 0 spiro atoms. The molecule has 1 atom stereocenters. The van der Waals surface area contributed by atoms with Crippen molar-refractivity contribution in [3.05, 3.63) is 34.6 Å². The molecule has 0 aromatic heterocycles. The van der Waals surface area contributed by atoms with Gasteiger partial charge in [0.15, 0.2) is 0 Å². The van der Waals surface area contributed by atoms with E-state index in [0.29, 0.717) is 18.2 Å². The smallest absolute Gasteiger partial charge is 0.146 e. The van der Waals surface area contributed by atoms with Crippen molar-refractivity contribution < 1.29 is 4.39 Å². The molecular formula is C16H24ClFN2. The van der Waals surface area contributed by atoms with Crippen LogP contribution in [-0.2, 0) is 6.54 Å². The summed E-state index contributed by atoms with van der Waals surface area (Å²) < 4.78 is 14.1. The van der Waals surface area contributed by atoms with Crippen LogP contribution >= 0.6 is 11.6 Å². The Morgan fingerprint density at radius 1 is 1.40 bits per heavy atom. The van der Waals surface area contributed by atoms with Gasteiger partial charge in [-0.2, -0.15) is 0 Å². The van der Waals surface area contributed by atoms with Crippen molar-refractivity contribution in [3.63, 3.8) is 0 Å². The van der Waals surface area contributed by atoms with Gasteiger partial charge in [-0.15, -0.1) is 0 Å². The molecule has 0 aliphatic carbocycles. The summed E-state index contributed by atoms with van der Waals surface area (Å²) in [6.45, 7) is 9.13. The van der Waals surface area contributed by atoms with Crippen molar-refractivity contribution >= 4 is 11.6 Å². The van der Waals surface area contributed by atoms with Crippen LogP contribution in [0.15, 0.2) is 18.2 Å². The van der Waals surface area contributed by atoms with Crippen LogP contribution in [0.4, 0.5) is 4.39 Å². The molecular weight excluding hydrogens is 275 g/mol. The van der Waals surface area contributed by atoms with Crippen LogP contribution < -0.4 is 5.32 Å². The minimum absolute atomic E-state index is 0.154. The first-order valence-corrected chi connectivity index (χ1v) is 7.81. The number of nitrogens with one attached hydrogen (secondary N) is 1. The topological polar surface area (TPSA) is 15.3 Å². The van der Waals surface area contributed by atoms with Gasteiger partial charge in [-0.3, -0.25) is 4.90 Å². The summed E-state index contributed by atoms with van der Waals surface area (Å²) in [5.74, 6) is -0.279. The Bertz CT molecular complexity index is 460. The van der Waals surface area contributed by atoms with E-state index < -0.39 is 0 Å². The minimum Gasteiger partial charge on any atom is -0.308 e. The summed E-state index contributed by atoms with van der Waals surface area (Å²) >= 11 is 5.87. The van der Waals surface area contributed by atoms with Gasteiger partial charge in [0.2, 0.25) is 0 Å². The second-order valence-corrected chi connectivity index (χ2v) is 6.24. The van der Waals surface area contributed by atoms with E-state index in [-0.39, 0.29) is 16.4 Å². The average Bonchev–Trinajstić information content (AvgIpc) is 2.46. The summed E-state index contributed by atoms with van der Waals surface area (Å²) in [7, 11) is 0. The number of piperazine rings is 1. The molecule has 4 heteroatoms. The van der Waals surface area contributed by atoms with E-state index in [9.17, 15) is 4.39 Å². The molecule has 1 fully saturated rings. The van der Waals surface area contributed by atoms with E-state index in [1.54, 1.807) is 6.07 Å². The van der Waals surface area contributed by atoms with Gasteiger partial charge in [0.25, 0.3) is 0 Å². The maximum absolute atomic E-state index is 14.1. The van der Waals surface area contributed by atoms with Gasteiger partial charge in [-0.05, 0) is 25.8 Å². The molecule has 2 nitrogen and oxygen atoms in total. The van der Waals surface area contributed by atoms with Gasteiger partial charge >= 0.3 is 0 Å². The lowest BCUT2D eigenvalue weighted by atomic mass is 9.88. The molecule has 1 N–H and O–H groups in total. The average molecular weight is 299 g/mol. The fourth-order valence-corrected chi connectivity index (χ4v) is 3.11. The Hall–Kier alpha value is -0.640. The van der Waals surface area contributed by atoms with Gasteiger partial charge in [-0.25, -0.2) is 4.39 Å². The fraction of sp³-hybridized carbons (Fsp3) is 0.625. The first-order valence-electron chi connectivity index (χ1n) is 7.43. The molecule has 0 radical (unpaired) electrons. The fourth-order valence-electron chi connectivity index (χ4n) is 2.92. The highest BCUT2D eigenvalue weighted by molar-refractivity contribution is 6.30. The Balaban J connectivity index is 2.16. The molecule has 1 saturated heterocycles. The molecule has 0 bridgehead atoms. The van der Waals surface area contributed by atoms with E-state index >= 15 is 0 Å². The van der Waals surface area contributed by atoms with Gasteiger partial charge in [0.05, 0.1) is 5.02 Å². The minimum atomic E-state index is -0.279. The third-order valence-electron chi connectivity index (χ3n) is 4.66. The zero-order chi connectivity index (χ0) is 14.8. The summed E-state index contributed by atoms with van der Waals surface area (Å²) in [6.07, 6.45) is 2.18. The number of benzene rings is 1. The van der Waals surface area contributed by atoms with Crippen LogP contribution in [0, 0.1) is 5.82 Å². The Labute approximate surface area is 126 Å². The highest BCUT2D eigenvalue weighted by atomic mass is 35.5. The van der Waals surface area contributed by atoms with Crippen LogP contribution in [-0.4, -0.2) is 29.6 Å². The third kappa shape index (κ3) is 3.16. The Morgan fingerprint density at radius 3 is 2.75 bits per heavy atom. The molecule has 1 aromatic rings. The number of halogens is 2. The second kappa shape index (κ2) is 6.42. The summed E-state index contributed by atoms with van der Waals surface area (Å²) in [5.41, 5.74) is 0.842. The molecule has 0 amide bonds. The Kier molecular flexibility index (Phi) is 5.05. The quantitative estimate of drug-likeness (QED) is 0.909. The summed E-state index contributed by atoms with van der Waals surface area (Å²) in [6, 6.07) is 5.65. The van der Waals surface area contributed by atoms with Crippen LogP contribution in [0.3, 0.4) is 0 Å². The van der Waals surface area contributed by atoms with Gasteiger partial charge in [-0.1, -0.05) is 37.6 Å². The zero-order valence-electron chi connectivity index (χ0n) is 12.5. The van der Waals surface area contributed by atoms with Gasteiger partial charge < -0.3 is 5.32 Å². The normalized spacial score (nSPS) is 22.9. The number of rotatable bonds is 4. The zero-order valence-corrected chi connectivity index (χ0v) is 13.3. The highest BCUT2D eigenvalue weighted by Crippen LogP contribution is 2.26. The predicted octanol–water partition coefficient (Wildman–Crippen LogP) is 3.83. The van der Waals surface area contributed by atoms with E-state index in [1.165, 1.54) is 0 Å². The van der Waals surface area contributed by atoms with Crippen LogP contribution in [0.2, 0.25) is 5.02 Å². The van der Waals surface area contributed by atoms with Crippen molar-refractivity contribution in [2.75, 3.05) is 13.1 Å². The first kappa shape index (κ1) is 15.7. The first-order chi connectivity index (χ1) is 9.51. The molecule has 1 aliphatic heterocycles. The highest BCUT2D eigenvalue weighted by Gasteiger charge is 2.35. The number of hydrogen-bond acceptors (Lipinski definition) is 2. The van der Waals surface area contributed by atoms with Crippen molar-refractivity contribution in [1.82, 2.24) is 10.2 Å². The standard InChI is InChI=1S/C16H24ClFN2/c1-4-16(5-2)11-20(12(3)9-19-16)10-13-7-6-8-14(17)15(13)18/h6-8,12,19H,4-5,9-11H2,1-3H3. The van der Waals surface area contributed by atoms with E-state index in [4.69, 9.17) is 11.6 Å². The van der Waals surface area contributed by atoms with E-state index in [0.717, 1.165) is 25.9 Å². The Morgan fingerprint density at radius 2 is 2.10 bits per heavy atom. The summed E-state index contributed by atoms with van der Waals surface area (Å²) in [5, 5.41) is 3.87. The summed E-state index contributed by atoms with van der Waals surface area (Å²) in [4.78, 5) is 2.36. The largest absolute Gasteiger partial charge is 0.308 e. The van der Waals surface area contributed by atoms with Crippen molar-refractivity contribution in [3.8, 4) is 0 Å². The molecule has 2 rings (SSSR count). The second-order valence-electron chi connectivity index (χ2n) is 5.84. The number of nitrogens with zero attached hydrogens (tertiary/aromatic N) is 1. The monoisotopic (exact) mass is 298 g/mol. The van der Waals surface area contributed by atoms with E-state index in [1.807, 2.05) is 12.1 Å². The molecule has 1 unspecified atom stereocenters. The lowest BCUT2D eigenvalue weighted by Gasteiger charge is -2.46. The molecule has 1 aromatic carbocycles. The number of hydrogen-bond donors (Lipinski definition) is 1. The maximum atomic E-state index is 14.1. The van der Waals surface area contributed by atoms with Crippen LogP contribution in [0.25, 0.3) is 0 Å². The predicted molar refractivity (Wildman–Crippen MR) is 82.6 cm³/mol. The van der Waals surface area contributed by atoms with Crippen molar-refractivity contribution in [2.45, 2.75) is 51.7 Å². The SMILES string of the molecule is CCC1(CC)CN(Cc2cccc(Cl)c2F)C(C)CN1. The lowest BCUT2D eigenvalue weighted by Crippen LogP contribution is -2.62. The molecule has 1 aliphatic rings. The molecule has 20 heavy (non-hydrogen) atoms. The van der Waals surface area contributed by atoms with Gasteiger partial charge in [0, 0.05) is 36.8 Å².